The standard InChI is InChI=1S/C15H24ClN5/c1-5-6-7-14-17-13(15(16)18-14)10-20(3)8-12-9-21(4)19-11(12)2/h9H,5-8,10H2,1-4H3,(H,17,18). The number of rotatable bonds is 7. The molecule has 116 valence electrons. The first-order chi connectivity index (χ1) is 9.99. The van der Waals surface area contributed by atoms with Gasteiger partial charge in [-0.25, -0.2) is 4.98 Å². The van der Waals surface area contributed by atoms with E-state index in [1.165, 1.54) is 5.56 Å². The zero-order chi connectivity index (χ0) is 15.4. The van der Waals surface area contributed by atoms with Gasteiger partial charge in [0.1, 0.15) is 5.82 Å². The molecule has 2 rings (SSSR count). The highest BCUT2D eigenvalue weighted by Gasteiger charge is 2.12. The van der Waals surface area contributed by atoms with Gasteiger partial charge in [-0.05, 0) is 20.4 Å². The van der Waals surface area contributed by atoms with Crippen molar-refractivity contribution in [2.45, 2.75) is 46.2 Å². The van der Waals surface area contributed by atoms with Gasteiger partial charge in [0.2, 0.25) is 0 Å². The van der Waals surface area contributed by atoms with Crippen LogP contribution in [0.15, 0.2) is 6.20 Å². The van der Waals surface area contributed by atoms with Gasteiger partial charge in [0.05, 0.1) is 11.4 Å². The van der Waals surface area contributed by atoms with Gasteiger partial charge in [-0.3, -0.25) is 9.58 Å². The molecule has 0 aliphatic rings. The summed E-state index contributed by atoms with van der Waals surface area (Å²) in [5, 5.41) is 4.96. The van der Waals surface area contributed by atoms with Crippen molar-refractivity contribution in [3.8, 4) is 0 Å². The highest BCUT2D eigenvalue weighted by molar-refractivity contribution is 6.30. The molecule has 0 saturated carbocycles. The van der Waals surface area contributed by atoms with E-state index in [4.69, 9.17) is 11.6 Å². The quantitative estimate of drug-likeness (QED) is 0.855. The summed E-state index contributed by atoms with van der Waals surface area (Å²) in [5.74, 6) is 0.989. The molecule has 0 aliphatic carbocycles. The third-order valence-corrected chi connectivity index (χ3v) is 3.84. The first-order valence-corrected chi connectivity index (χ1v) is 7.78. The van der Waals surface area contributed by atoms with E-state index in [0.29, 0.717) is 5.15 Å². The summed E-state index contributed by atoms with van der Waals surface area (Å²) in [7, 11) is 4.03. The average molecular weight is 310 g/mol. The Morgan fingerprint density at radius 3 is 2.76 bits per heavy atom. The average Bonchev–Trinajstić information content (AvgIpc) is 2.90. The Morgan fingerprint density at radius 2 is 2.14 bits per heavy atom. The van der Waals surface area contributed by atoms with Crippen LogP contribution in [0.2, 0.25) is 5.15 Å². The van der Waals surface area contributed by atoms with Gasteiger partial charge in [0, 0.05) is 38.3 Å². The van der Waals surface area contributed by atoms with Crippen molar-refractivity contribution < 1.29 is 0 Å². The molecular weight excluding hydrogens is 286 g/mol. The van der Waals surface area contributed by atoms with Crippen molar-refractivity contribution in [1.82, 2.24) is 24.6 Å². The van der Waals surface area contributed by atoms with Crippen LogP contribution in [-0.2, 0) is 26.6 Å². The zero-order valence-corrected chi connectivity index (χ0v) is 14.0. The number of unbranched alkanes of at least 4 members (excludes halogenated alkanes) is 1. The number of imidazole rings is 1. The lowest BCUT2D eigenvalue weighted by atomic mass is 10.2. The van der Waals surface area contributed by atoms with E-state index < -0.39 is 0 Å². The van der Waals surface area contributed by atoms with Gasteiger partial charge >= 0.3 is 0 Å². The SMILES string of the molecule is CCCCc1nc(Cl)c(CN(C)Cc2cn(C)nc2C)[nH]1. The molecule has 2 aromatic rings. The van der Waals surface area contributed by atoms with Crippen LogP contribution in [0.3, 0.4) is 0 Å². The first-order valence-electron chi connectivity index (χ1n) is 7.40. The molecule has 0 bridgehead atoms. The Bertz CT molecular complexity index is 587. The molecule has 0 radical (unpaired) electrons. The van der Waals surface area contributed by atoms with Crippen LogP contribution in [0.1, 0.15) is 42.5 Å². The molecule has 0 fully saturated rings. The Balaban J connectivity index is 1.97. The molecule has 6 heteroatoms. The predicted molar refractivity (Wildman–Crippen MR) is 85.3 cm³/mol. The second kappa shape index (κ2) is 7.09. The molecular formula is C15H24ClN5. The Kier molecular flexibility index (Phi) is 5.42. The Morgan fingerprint density at radius 1 is 1.38 bits per heavy atom. The van der Waals surface area contributed by atoms with E-state index >= 15 is 0 Å². The Hall–Kier alpha value is -1.33. The maximum atomic E-state index is 6.22. The van der Waals surface area contributed by atoms with E-state index in [2.05, 4.69) is 40.1 Å². The molecule has 0 aliphatic heterocycles. The highest BCUT2D eigenvalue weighted by atomic mass is 35.5. The van der Waals surface area contributed by atoms with Gasteiger partial charge in [-0.1, -0.05) is 24.9 Å². The van der Waals surface area contributed by atoms with E-state index in [1.807, 2.05) is 18.7 Å². The van der Waals surface area contributed by atoms with E-state index in [9.17, 15) is 0 Å². The fraction of sp³-hybridized carbons (Fsp3) is 0.600. The number of nitrogens with zero attached hydrogens (tertiary/aromatic N) is 4. The number of aromatic amines is 1. The molecule has 0 saturated heterocycles. The first kappa shape index (κ1) is 16.0. The minimum absolute atomic E-state index is 0.593. The number of hydrogen-bond donors (Lipinski definition) is 1. The van der Waals surface area contributed by atoms with Crippen molar-refractivity contribution in [3.05, 3.63) is 34.1 Å². The van der Waals surface area contributed by atoms with Crippen molar-refractivity contribution in [2.24, 2.45) is 7.05 Å². The van der Waals surface area contributed by atoms with Crippen LogP contribution in [0.25, 0.3) is 0 Å². The number of nitrogens with one attached hydrogen (secondary N) is 1. The van der Waals surface area contributed by atoms with Gasteiger partial charge in [0.15, 0.2) is 5.15 Å². The smallest absolute Gasteiger partial charge is 0.151 e. The maximum Gasteiger partial charge on any atom is 0.151 e. The molecule has 2 aromatic heterocycles. The number of hydrogen-bond acceptors (Lipinski definition) is 3. The van der Waals surface area contributed by atoms with Crippen molar-refractivity contribution in [1.29, 1.82) is 0 Å². The monoisotopic (exact) mass is 309 g/mol. The summed E-state index contributed by atoms with van der Waals surface area (Å²) < 4.78 is 1.85. The third kappa shape index (κ3) is 4.32. The molecule has 5 nitrogen and oxygen atoms in total. The van der Waals surface area contributed by atoms with Crippen LogP contribution in [0.5, 0.6) is 0 Å². The second-order valence-corrected chi connectivity index (χ2v) is 6.00. The summed E-state index contributed by atoms with van der Waals surface area (Å²) in [5.41, 5.74) is 3.30. The molecule has 0 unspecified atom stereocenters. The van der Waals surface area contributed by atoms with Gasteiger partial charge in [-0.15, -0.1) is 0 Å². The van der Waals surface area contributed by atoms with Gasteiger partial charge in [0.25, 0.3) is 0 Å². The summed E-state index contributed by atoms with van der Waals surface area (Å²) in [6.07, 6.45) is 5.32. The minimum Gasteiger partial charge on any atom is -0.344 e. The lowest BCUT2D eigenvalue weighted by Crippen LogP contribution is -2.18. The molecule has 0 aromatic carbocycles. The fourth-order valence-electron chi connectivity index (χ4n) is 2.43. The maximum absolute atomic E-state index is 6.22. The second-order valence-electron chi connectivity index (χ2n) is 5.64. The van der Waals surface area contributed by atoms with Crippen molar-refractivity contribution >= 4 is 11.6 Å². The van der Waals surface area contributed by atoms with Crippen LogP contribution in [-0.4, -0.2) is 31.7 Å². The normalized spacial score (nSPS) is 11.5. The lowest BCUT2D eigenvalue weighted by molar-refractivity contribution is 0.315. The van der Waals surface area contributed by atoms with E-state index in [-0.39, 0.29) is 0 Å². The number of H-pyrrole nitrogens is 1. The van der Waals surface area contributed by atoms with Gasteiger partial charge in [-0.2, -0.15) is 5.10 Å². The number of aromatic nitrogens is 4. The molecule has 21 heavy (non-hydrogen) atoms. The molecule has 0 amide bonds. The Labute approximate surface area is 131 Å². The largest absolute Gasteiger partial charge is 0.344 e. The van der Waals surface area contributed by atoms with Crippen LogP contribution in [0, 0.1) is 6.92 Å². The van der Waals surface area contributed by atoms with Crippen LogP contribution < -0.4 is 0 Å². The topological polar surface area (TPSA) is 49.7 Å². The zero-order valence-electron chi connectivity index (χ0n) is 13.3. The highest BCUT2D eigenvalue weighted by Crippen LogP contribution is 2.17. The summed E-state index contributed by atoms with van der Waals surface area (Å²) >= 11 is 6.22. The molecule has 0 spiro atoms. The summed E-state index contributed by atoms with van der Waals surface area (Å²) in [6, 6.07) is 0. The summed E-state index contributed by atoms with van der Waals surface area (Å²) in [4.78, 5) is 9.96. The number of halogens is 1. The van der Waals surface area contributed by atoms with Crippen LogP contribution >= 0.6 is 11.6 Å². The van der Waals surface area contributed by atoms with Gasteiger partial charge < -0.3 is 4.98 Å². The van der Waals surface area contributed by atoms with E-state index in [1.54, 1.807) is 0 Å². The lowest BCUT2D eigenvalue weighted by Gasteiger charge is -2.15. The molecule has 1 N–H and O–H groups in total. The predicted octanol–water partition coefficient (Wildman–Crippen LogP) is 3.08. The van der Waals surface area contributed by atoms with Crippen molar-refractivity contribution in [2.75, 3.05) is 7.05 Å². The van der Waals surface area contributed by atoms with Crippen LogP contribution in [0.4, 0.5) is 0 Å². The van der Waals surface area contributed by atoms with E-state index in [0.717, 1.165) is 49.6 Å². The molecule has 2 heterocycles. The fourth-order valence-corrected chi connectivity index (χ4v) is 2.64. The number of aryl methyl sites for hydroxylation is 3. The molecule has 0 atom stereocenters. The minimum atomic E-state index is 0.593. The third-order valence-electron chi connectivity index (χ3n) is 3.53. The van der Waals surface area contributed by atoms with Crippen molar-refractivity contribution in [3.63, 3.8) is 0 Å². The summed E-state index contributed by atoms with van der Waals surface area (Å²) in [6.45, 7) is 5.82.